The molecule has 0 saturated heterocycles. The highest BCUT2D eigenvalue weighted by Gasteiger charge is 2.26. The SMILES string of the molecule is CCC1=C/C(=N\c2c(OCCO)nn3ccccc23)C(=N)c2c1[nH]c(C)c2C. The molecule has 0 unspecified atom stereocenters. The molecule has 0 aromatic carbocycles. The van der Waals surface area contributed by atoms with Gasteiger partial charge in [0.15, 0.2) is 5.69 Å². The van der Waals surface area contributed by atoms with Gasteiger partial charge in [-0.25, -0.2) is 9.51 Å². The third-order valence-corrected chi connectivity index (χ3v) is 5.06. The Bertz CT molecular complexity index is 1130. The molecule has 0 amide bonds. The molecule has 4 rings (SSSR count). The maximum atomic E-state index is 9.12. The van der Waals surface area contributed by atoms with E-state index in [9.17, 15) is 0 Å². The molecule has 1 aliphatic rings. The molecule has 3 aromatic rings. The summed E-state index contributed by atoms with van der Waals surface area (Å²) in [6.45, 7) is 6.18. The Hall–Kier alpha value is -3.19. The number of nitrogens with zero attached hydrogens (tertiary/aromatic N) is 3. The van der Waals surface area contributed by atoms with E-state index in [0.717, 1.165) is 40.0 Å². The number of aromatic nitrogens is 3. The van der Waals surface area contributed by atoms with Crippen molar-refractivity contribution in [1.29, 1.82) is 5.41 Å². The minimum Gasteiger partial charge on any atom is -0.473 e. The van der Waals surface area contributed by atoms with Crippen molar-refractivity contribution in [3.05, 3.63) is 53.0 Å². The summed E-state index contributed by atoms with van der Waals surface area (Å²) < 4.78 is 7.31. The second-order valence-corrected chi connectivity index (χ2v) is 6.78. The van der Waals surface area contributed by atoms with Gasteiger partial charge >= 0.3 is 0 Å². The van der Waals surface area contributed by atoms with Crippen molar-refractivity contribution < 1.29 is 9.84 Å². The lowest BCUT2D eigenvalue weighted by Gasteiger charge is -2.16. The summed E-state index contributed by atoms with van der Waals surface area (Å²) >= 11 is 0. The molecule has 3 aromatic heterocycles. The number of rotatable bonds is 5. The van der Waals surface area contributed by atoms with E-state index >= 15 is 0 Å². The van der Waals surface area contributed by atoms with Crippen molar-refractivity contribution >= 4 is 28.2 Å². The lowest BCUT2D eigenvalue weighted by atomic mass is 9.90. The third kappa shape index (κ3) is 2.84. The quantitative estimate of drug-likeness (QED) is 0.633. The molecule has 7 heteroatoms. The zero-order chi connectivity index (χ0) is 19.8. The largest absolute Gasteiger partial charge is 0.473 e. The molecule has 0 atom stereocenters. The fraction of sp³-hybridized carbons (Fsp3) is 0.286. The van der Waals surface area contributed by atoms with Gasteiger partial charge in [-0.1, -0.05) is 13.0 Å². The summed E-state index contributed by atoms with van der Waals surface area (Å²) in [4.78, 5) is 8.21. The Kier molecular flexibility index (Phi) is 4.60. The van der Waals surface area contributed by atoms with E-state index < -0.39 is 0 Å². The van der Waals surface area contributed by atoms with Gasteiger partial charge in [-0.05, 0) is 49.6 Å². The summed E-state index contributed by atoms with van der Waals surface area (Å²) in [5, 5.41) is 22.3. The predicted molar refractivity (Wildman–Crippen MR) is 110 cm³/mol. The van der Waals surface area contributed by atoms with Crippen molar-refractivity contribution in [2.24, 2.45) is 4.99 Å². The van der Waals surface area contributed by atoms with Crippen molar-refractivity contribution in [3.8, 4) is 5.88 Å². The normalized spacial score (nSPS) is 15.2. The molecular weight excluding hydrogens is 354 g/mol. The molecule has 3 heterocycles. The zero-order valence-corrected chi connectivity index (χ0v) is 16.2. The molecule has 7 nitrogen and oxygen atoms in total. The lowest BCUT2D eigenvalue weighted by molar-refractivity contribution is 0.197. The number of hydrogen-bond acceptors (Lipinski definition) is 5. The molecule has 0 bridgehead atoms. The third-order valence-electron chi connectivity index (χ3n) is 5.06. The number of fused-ring (bicyclic) bond motifs is 2. The average Bonchev–Trinajstić information content (AvgIpc) is 3.20. The van der Waals surface area contributed by atoms with E-state index in [0.29, 0.717) is 23.0 Å². The molecule has 0 spiro atoms. The maximum absolute atomic E-state index is 9.12. The first-order valence-electron chi connectivity index (χ1n) is 9.34. The Morgan fingerprint density at radius 1 is 1.32 bits per heavy atom. The Labute approximate surface area is 162 Å². The van der Waals surface area contributed by atoms with Crippen LogP contribution in [0, 0.1) is 19.3 Å². The van der Waals surface area contributed by atoms with Crippen molar-refractivity contribution in [3.63, 3.8) is 0 Å². The van der Waals surface area contributed by atoms with Gasteiger partial charge in [0.25, 0.3) is 5.88 Å². The van der Waals surface area contributed by atoms with E-state index in [1.165, 1.54) is 0 Å². The second-order valence-electron chi connectivity index (χ2n) is 6.78. The van der Waals surface area contributed by atoms with Gasteiger partial charge in [0.2, 0.25) is 0 Å². The van der Waals surface area contributed by atoms with Crippen LogP contribution in [0.15, 0.2) is 35.5 Å². The molecule has 0 aliphatic heterocycles. The Morgan fingerprint density at radius 2 is 2.14 bits per heavy atom. The van der Waals surface area contributed by atoms with E-state index in [1.54, 1.807) is 4.52 Å². The minimum atomic E-state index is -0.106. The molecule has 28 heavy (non-hydrogen) atoms. The van der Waals surface area contributed by atoms with Crippen molar-refractivity contribution in [1.82, 2.24) is 14.6 Å². The van der Waals surface area contributed by atoms with Crippen LogP contribution in [0.25, 0.3) is 11.1 Å². The van der Waals surface area contributed by atoms with Crippen molar-refractivity contribution in [2.45, 2.75) is 27.2 Å². The van der Waals surface area contributed by atoms with Gasteiger partial charge in [0.1, 0.15) is 6.61 Å². The summed E-state index contributed by atoms with van der Waals surface area (Å²) in [6, 6.07) is 5.70. The van der Waals surface area contributed by atoms with Gasteiger partial charge in [-0.2, -0.15) is 0 Å². The monoisotopic (exact) mass is 377 g/mol. The lowest BCUT2D eigenvalue weighted by Crippen LogP contribution is -2.19. The predicted octanol–water partition coefficient (Wildman–Crippen LogP) is 3.60. The maximum Gasteiger partial charge on any atom is 0.260 e. The van der Waals surface area contributed by atoms with Crippen LogP contribution in [-0.2, 0) is 0 Å². The van der Waals surface area contributed by atoms with E-state index in [2.05, 4.69) is 17.0 Å². The summed E-state index contributed by atoms with van der Waals surface area (Å²) in [5.41, 5.74) is 7.50. The highest BCUT2D eigenvalue weighted by molar-refractivity contribution is 6.54. The number of aliphatic hydroxyl groups excluding tert-OH is 1. The number of aryl methyl sites for hydroxylation is 1. The molecule has 0 fully saturated rings. The highest BCUT2D eigenvalue weighted by Crippen LogP contribution is 2.35. The summed E-state index contributed by atoms with van der Waals surface area (Å²) in [6.07, 6.45) is 4.62. The number of allylic oxidation sites excluding steroid dienone is 2. The number of H-pyrrole nitrogens is 1. The molecule has 144 valence electrons. The number of pyridine rings is 1. The highest BCUT2D eigenvalue weighted by atomic mass is 16.5. The van der Waals surface area contributed by atoms with Crippen LogP contribution in [0.3, 0.4) is 0 Å². The fourth-order valence-electron chi connectivity index (χ4n) is 3.51. The number of aliphatic hydroxyl groups is 1. The van der Waals surface area contributed by atoms with Gasteiger partial charge in [-0.15, -0.1) is 5.10 Å². The molecular formula is C21H23N5O2. The summed E-state index contributed by atoms with van der Waals surface area (Å²) in [5.74, 6) is 0.347. The van der Waals surface area contributed by atoms with Crippen LogP contribution in [0.2, 0.25) is 0 Å². The number of nitrogens with one attached hydrogen (secondary N) is 2. The first kappa shape index (κ1) is 18.2. The standard InChI is InChI=1S/C21H23N5O2/c1-4-14-11-15(18(22)17-12(2)13(3)23-19(14)17)24-20-16-7-5-6-8-26(16)25-21(20)28-10-9-27/h5-8,11,22-23,27H,4,9-10H2,1-3H3/b22-18?,24-15+. The Balaban J connectivity index is 1.89. The van der Waals surface area contributed by atoms with Crippen LogP contribution in [0.1, 0.15) is 35.9 Å². The minimum absolute atomic E-state index is 0.106. The molecule has 1 aliphatic carbocycles. The molecule has 0 radical (unpaired) electrons. The van der Waals surface area contributed by atoms with Crippen LogP contribution in [0.5, 0.6) is 5.88 Å². The van der Waals surface area contributed by atoms with Gasteiger partial charge in [0, 0.05) is 17.5 Å². The summed E-state index contributed by atoms with van der Waals surface area (Å²) in [7, 11) is 0. The number of hydrogen-bond donors (Lipinski definition) is 3. The van der Waals surface area contributed by atoms with E-state index in [4.69, 9.17) is 20.2 Å². The Morgan fingerprint density at radius 3 is 2.89 bits per heavy atom. The van der Waals surface area contributed by atoms with Gasteiger partial charge < -0.3 is 14.8 Å². The number of ether oxygens (including phenoxy) is 1. The second kappa shape index (κ2) is 7.09. The van der Waals surface area contributed by atoms with Gasteiger partial charge in [-0.3, -0.25) is 5.41 Å². The van der Waals surface area contributed by atoms with Crippen LogP contribution >= 0.6 is 0 Å². The average molecular weight is 377 g/mol. The smallest absolute Gasteiger partial charge is 0.260 e. The number of aliphatic imine (C=N–C) groups is 1. The fourth-order valence-corrected chi connectivity index (χ4v) is 3.51. The molecule has 3 N–H and O–H groups in total. The van der Waals surface area contributed by atoms with E-state index in [-0.39, 0.29) is 13.2 Å². The molecule has 0 saturated carbocycles. The van der Waals surface area contributed by atoms with Crippen LogP contribution in [0.4, 0.5) is 5.69 Å². The van der Waals surface area contributed by atoms with E-state index in [1.807, 2.05) is 44.3 Å². The van der Waals surface area contributed by atoms with Gasteiger partial charge in [0.05, 0.1) is 29.2 Å². The topological polar surface area (TPSA) is 98.8 Å². The van der Waals surface area contributed by atoms with Crippen LogP contribution < -0.4 is 4.74 Å². The van der Waals surface area contributed by atoms with Crippen molar-refractivity contribution in [2.75, 3.05) is 13.2 Å². The zero-order valence-electron chi connectivity index (χ0n) is 16.2. The van der Waals surface area contributed by atoms with Crippen LogP contribution in [-0.4, -0.2) is 44.3 Å². The first-order chi connectivity index (χ1) is 13.5. The number of aromatic amines is 1. The first-order valence-corrected chi connectivity index (χ1v) is 9.34.